The average Bonchev–Trinajstić information content (AvgIpc) is 4.21. The highest BCUT2D eigenvalue weighted by molar-refractivity contribution is 7.90. The molecule has 6 heterocycles. The molecule has 0 aliphatic rings. The molecule has 0 aliphatic heterocycles. The van der Waals surface area contributed by atoms with E-state index in [-0.39, 0.29) is 23.5 Å². The number of ether oxygens (including phenoxy) is 4. The van der Waals surface area contributed by atoms with Gasteiger partial charge < -0.3 is 60.1 Å². The second-order valence-corrected chi connectivity index (χ2v) is 17.2. The van der Waals surface area contributed by atoms with Crippen molar-refractivity contribution < 1.29 is 36.2 Å². The lowest BCUT2D eigenvalue weighted by atomic mass is 10.1. The number of nitrogen functional groups attached to an aromatic ring is 2. The van der Waals surface area contributed by atoms with E-state index < -0.39 is 15.0 Å². The lowest BCUT2D eigenvalue weighted by Crippen LogP contribution is -2.30. The summed E-state index contributed by atoms with van der Waals surface area (Å²) in [4.78, 5) is 29.1. The van der Waals surface area contributed by atoms with Gasteiger partial charge in [0.15, 0.2) is 11.5 Å². The van der Waals surface area contributed by atoms with Crippen LogP contribution in [0.5, 0.6) is 0 Å². The summed E-state index contributed by atoms with van der Waals surface area (Å²) in [5.74, 6) is 2.50. The summed E-state index contributed by atoms with van der Waals surface area (Å²) < 4.78 is 56.5. The number of aromatic nitrogens is 10. The largest absolute Gasteiger partial charge is 0.461 e. The maximum absolute atomic E-state index is 11.4. The van der Waals surface area contributed by atoms with Crippen LogP contribution in [-0.2, 0) is 41.6 Å². The monoisotopic (exact) mass is 984 g/mol. The minimum Gasteiger partial charge on any atom is -0.461 e. The Hall–Kier alpha value is -7.29. The van der Waals surface area contributed by atoms with E-state index in [2.05, 4.69) is 104 Å². The van der Waals surface area contributed by atoms with E-state index >= 15 is 0 Å². The maximum Gasteiger partial charge on any atom is 0.259 e. The van der Waals surface area contributed by atoms with Crippen LogP contribution in [0.2, 0.25) is 0 Å². The Morgan fingerprint density at radius 2 is 1.04 bits per heavy atom. The quantitative estimate of drug-likeness (QED) is 0.0715. The molecule has 0 aliphatic carbocycles. The summed E-state index contributed by atoms with van der Waals surface area (Å²) in [7, 11) is 3.29. The molecular weight excluding hydrogens is 925 g/mol. The van der Waals surface area contributed by atoms with Crippen molar-refractivity contribution in [1.82, 2.24) is 49.1 Å². The van der Waals surface area contributed by atoms with Crippen molar-refractivity contribution in [2.24, 2.45) is 5.73 Å². The SMILES string of the molecule is COCCN(CCOC)c1ccc(CCN)cc1.COCCN(CCOC)c1ccc(CCNc2nc(N)n3nc(-c4ccco4)nc3n2)cc1.CS(=O)(=O)c1nc(N)n2nc(-c3ccco3)nc2n1. The summed E-state index contributed by atoms with van der Waals surface area (Å²) in [6.45, 7) is 7.46. The van der Waals surface area contributed by atoms with E-state index in [0.29, 0.717) is 68.6 Å². The molecule has 70 heavy (non-hydrogen) atoms. The van der Waals surface area contributed by atoms with Gasteiger partial charge in [-0.3, -0.25) is 0 Å². The number of nitrogens with one attached hydrogen (secondary N) is 1. The van der Waals surface area contributed by atoms with Gasteiger partial charge in [-0.2, -0.15) is 38.9 Å². The van der Waals surface area contributed by atoms with Crippen LogP contribution in [-0.4, -0.2) is 158 Å². The lowest BCUT2D eigenvalue weighted by Gasteiger charge is -2.24. The number of furan rings is 2. The van der Waals surface area contributed by atoms with Gasteiger partial charge in [0, 0.05) is 78.8 Å². The second-order valence-electron chi connectivity index (χ2n) is 15.3. The number of hydrogen-bond donors (Lipinski definition) is 4. The number of methoxy groups -OCH3 is 4. The molecular formula is C45H60N16O8S. The Balaban J connectivity index is 0.000000185. The number of sulfone groups is 1. The predicted molar refractivity (Wildman–Crippen MR) is 264 cm³/mol. The summed E-state index contributed by atoms with van der Waals surface area (Å²) in [6, 6.07) is 23.9. The van der Waals surface area contributed by atoms with Gasteiger partial charge in [0.25, 0.3) is 16.7 Å². The molecule has 0 amide bonds. The molecule has 374 valence electrons. The van der Waals surface area contributed by atoms with Crippen LogP contribution in [0.1, 0.15) is 11.1 Å². The molecule has 0 radical (unpaired) electrons. The normalized spacial score (nSPS) is 11.3. The predicted octanol–water partition coefficient (Wildman–Crippen LogP) is 3.17. The molecule has 0 fully saturated rings. The number of rotatable bonds is 23. The van der Waals surface area contributed by atoms with Crippen LogP contribution >= 0.6 is 0 Å². The van der Waals surface area contributed by atoms with Gasteiger partial charge in [-0.15, -0.1) is 10.2 Å². The lowest BCUT2D eigenvalue weighted by molar-refractivity contribution is 0.190. The highest BCUT2D eigenvalue weighted by Gasteiger charge is 2.19. The minimum atomic E-state index is -3.57. The number of benzene rings is 2. The fourth-order valence-electron chi connectivity index (χ4n) is 6.63. The summed E-state index contributed by atoms with van der Waals surface area (Å²) in [6.07, 6.45) is 5.75. The van der Waals surface area contributed by atoms with Gasteiger partial charge in [-0.1, -0.05) is 24.3 Å². The van der Waals surface area contributed by atoms with E-state index in [9.17, 15) is 8.42 Å². The Bertz CT molecular complexity index is 2880. The van der Waals surface area contributed by atoms with Gasteiger partial charge in [-0.25, -0.2) is 8.42 Å². The molecule has 0 saturated heterocycles. The third-order valence-electron chi connectivity index (χ3n) is 10.3. The molecule has 7 N–H and O–H groups in total. The van der Waals surface area contributed by atoms with Crippen molar-refractivity contribution in [2.75, 3.05) is 127 Å². The number of anilines is 5. The van der Waals surface area contributed by atoms with Gasteiger partial charge in [0.2, 0.25) is 39.3 Å². The van der Waals surface area contributed by atoms with E-state index in [1.54, 1.807) is 59.0 Å². The Labute approximate surface area is 405 Å². The standard InChI is InChI=1S/C22H28N8O3.C14H24N2O2.C9H8N6O3S/c1-31-14-11-29(12-15-32-2)17-7-5-16(6-8-17)9-10-24-21-26-20(23)30-22(27-21)25-19(28-30)18-4-3-13-33-18;1-17-11-9-16(10-12-18-2)14-5-3-13(4-6-14)7-8-15;1-19(16,17)9-12-7(10)15-8(13-9)11-6(14-15)5-3-2-4-18-5/h3-8,13H,9-12,14-15H2,1-2H3,(H3,23,24,25,26,27,28);3-6H,7-12,15H2,1-2H3;2-4H,1H3,(H2,10,11,12,13,14). The fraction of sp³-hybridized carbons (Fsp3) is 0.378. The van der Waals surface area contributed by atoms with Crippen LogP contribution in [0.25, 0.3) is 34.7 Å². The first-order valence-corrected chi connectivity index (χ1v) is 24.0. The van der Waals surface area contributed by atoms with E-state index in [0.717, 1.165) is 55.5 Å². The molecule has 8 aromatic rings. The van der Waals surface area contributed by atoms with E-state index in [4.69, 9.17) is 45.0 Å². The molecule has 6 aromatic heterocycles. The van der Waals surface area contributed by atoms with Crippen LogP contribution in [0.4, 0.5) is 29.2 Å². The van der Waals surface area contributed by atoms with Crippen LogP contribution < -0.4 is 32.3 Å². The first-order valence-electron chi connectivity index (χ1n) is 22.1. The zero-order valence-electron chi connectivity index (χ0n) is 39.8. The molecule has 24 nitrogen and oxygen atoms in total. The molecule has 0 atom stereocenters. The highest BCUT2D eigenvalue weighted by Crippen LogP contribution is 2.21. The van der Waals surface area contributed by atoms with Crippen molar-refractivity contribution in [1.29, 1.82) is 0 Å². The van der Waals surface area contributed by atoms with Crippen molar-refractivity contribution in [3.05, 3.63) is 96.4 Å². The molecule has 8 rings (SSSR count). The molecule has 0 saturated carbocycles. The fourth-order valence-corrected chi connectivity index (χ4v) is 7.14. The third-order valence-corrected chi connectivity index (χ3v) is 11.1. The number of nitrogens with two attached hydrogens (primary N) is 3. The van der Waals surface area contributed by atoms with Crippen molar-refractivity contribution in [3.63, 3.8) is 0 Å². The molecule has 0 spiro atoms. The first-order chi connectivity index (χ1) is 33.9. The molecule has 2 aromatic carbocycles. The van der Waals surface area contributed by atoms with E-state index in [1.807, 2.05) is 0 Å². The van der Waals surface area contributed by atoms with Gasteiger partial charge in [-0.05, 0) is 79.0 Å². The highest BCUT2D eigenvalue weighted by atomic mass is 32.2. The number of nitrogens with zero attached hydrogens (tertiary/aromatic N) is 12. The van der Waals surface area contributed by atoms with Crippen LogP contribution in [0.3, 0.4) is 0 Å². The Kier molecular flexibility index (Phi) is 19.3. The van der Waals surface area contributed by atoms with E-state index in [1.165, 1.54) is 27.6 Å². The van der Waals surface area contributed by atoms with Crippen molar-refractivity contribution in [3.8, 4) is 23.2 Å². The topological polar surface area (TPSA) is 306 Å². The smallest absolute Gasteiger partial charge is 0.259 e. The average molecular weight is 985 g/mol. The summed E-state index contributed by atoms with van der Waals surface area (Å²) >= 11 is 0. The van der Waals surface area contributed by atoms with Crippen molar-refractivity contribution >= 4 is 50.6 Å². The van der Waals surface area contributed by atoms with Crippen LogP contribution in [0, 0.1) is 0 Å². The number of fused-ring (bicyclic) bond motifs is 2. The Morgan fingerprint density at radius 1 is 0.600 bits per heavy atom. The van der Waals surface area contributed by atoms with Gasteiger partial charge in [0.1, 0.15) is 0 Å². The van der Waals surface area contributed by atoms with Gasteiger partial charge in [0.05, 0.1) is 39.0 Å². The molecule has 0 bridgehead atoms. The Morgan fingerprint density at radius 3 is 1.46 bits per heavy atom. The summed E-state index contributed by atoms with van der Waals surface area (Å²) in [5.41, 5.74) is 22.0. The third kappa shape index (κ3) is 14.6. The van der Waals surface area contributed by atoms with Gasteiger partial charge >= 0.3 is 0 Å². The minimum absolute atomic E-state index is 0.0410. The zero-order valence-corrected chi connectivity index (χ0v) is 40.7. The molecule has 0 unspecified atom stereocenters. The van der Waals surface area contributed by atoms with Crippen LogP contribution in [0.15, 0.2) is 99.3 Å². The maximum atomic E-state index is 11.4. The zero-order chi connectivity index (χ0) is 49.9. The molecule has 25 heteroatoms. The van der Waals surface area contributed by atoms with Crippen molar-refractivity contribution in [2.45, 2.75) is 18.0 Å². The first kappa shape index (κ1) is 52.1. The second kappa shape index (κ2) is 25.9. The summed E-state index contributed by atoms with van der Waals surface area (Å²) in [5, 5.41) is 11.2. The number of hydrogen-bond acceptors (Lipinski definition) is 22.